The van der Waals surface area contributed by atoms with Crippen LogP contribution in [0.1, 0.15) is 18.1 Å². The number of methoxy groups -OCH3 is 1. The van der Waals surface area contributed by atoms with Crippen LogP contribution in [0.3, 0.4) is 0 Å². The van der Waals surface area contributed by atoms with E-state index in [1.54, 1.807) is 13.2 Å². The lowest BCUT2D eigenvalue weighted by molar-refractivity contribution is 0.405. The number of aromatic hydroxyl groups is 1. The first-order valence-corrected chi connectivity index (χ1v) is 7.30. The first-order valence-electron chi connectivity index (χ1n) is 6.93. The van der Waals surface area contributed by atoms with Gasteiger partial charge >= 0.3 is 0 Å². The molecule has 2 rings (SSSR count). The van der Waals surface area contributed by atoms with Gasteiger partial charge in [0.25, 0.3) is 0 Å². The number of phenolic OH excluding ortho intramolecular Hbond substituents is 1. The number of hydrogen-bond donors (Lipinski definition) is 2. The zero-order valence-electron chi connectivity index (χ0n) is 12.3. The quantitative estimate of drug-likeness (QED) is 0.853. The van der Waals surface area contributed by atoms with Crippen molar-refractivity contribution >= 4 is 11.6 Å². The number of halogens is 1. The van der Waals surface area contributed by atoms with Crippen molar-refractivity contribution in [2.45, 2.75) is 25.9 Å². The highest BCUT2D eigenvalue weighted by Gasteiger charge is 2.08. The number of nitrogens with one attached hydrogen (secondary N) is 1. The molecule has 1 atom stereocenters. The summed E-state index contributed by atoms with van der Waals surface area (Å²) in [7, 11) is 1.58. The van der Waals surface area contributed by atoms with Gasteiger partial charge < -0.3 is 15.2 Å². The Morgan fingerprint density at radius 2 is 1.95 bits per heavy atom. The first-order chi connectivity index (χ1) is 10.1. The van der Waals surface area contributed by atoms with E-state index in [1.165, 1.54) is 0 Å². The molecular formula is C17H20ClNO2. The molecule has 0 aliphatic carbocycles. The van der Waals surface area contributed by atoms with Crippen LogP contribution < -0.4 is 10.1 Å². The fourth-order valence-electron chi connectivity index (χ4n) is 2.17. The van der Waals surface area contributed by atoms with E-state index in [4.69, 9.17) is 16.3 Å². The number of hydrogen-bond acceptors (Lipinski definition) is 3. The average molecular weight is 306 g/mol. The van der Waals surface area contributed by atoms with E-state index in [1.807, 2.05) is 36.4 Å². The Kier molecular flexibility index (Phi) is 5.48. The summed E-state index contributed by atoms with van der Waals surface area (Å²) in [6.45, 7) is 2.70. The van der Waals surface area contributed by atoms with Crippen LogP contribution in [0, 0.1) is 0 Å². The molecule has 0 fully saturated rings. The Labute approximate surface area is 130 Å². The van der Waals surface area contributed by atoms with Crippen molar-refractivity contribution in [3.63, 3.8) is 0 Å². The van der Waals surface area contributed by atoms with Crippen molar-refractivity contribution in [2.24, 2.45) is 0 Å². The van der Waals surface area contributed by atoms with Crippen LogP contribution in [0.5, 0.6) is 11.5 Å². The second kappa shape index (κ2) is 7.34. The third-order valence-corrected chi connectivity index (χ3v) is 3.79. The van der Waals surface area contributed by atoms with Crippen molar-refractivity contribution in [1.82, 2.24) is 5.32 Å². The first kappa shape index (κ1) is 15.7. The highest BCUT2D eigenvalue weighted by Crippen LogP contribution is 2.23. The summed E-state index contributed by atoms with van der Waals surface area (Å²) in [5.41, 5.74) is 1.97. The molecular weight excluding hydrogens is 286 g/mol. The van der Waals surface area contributed by atoms with E-state index in [0.717, 1.165) is 22.6 Å². The summed E-state index contributed by atoms with van der Waals surface area (Å²) >= 11 is 6.16. The van der Waals surface area contributed by atoms with E-state index in [0.29, 0.717) is 12.3 Å². The lowest BCUT2D eigenvalue weighted by Crippen LogP contribution is -2.27. The van der Waals surface area contributed by atoms with Crippen molar-refractivity contribution in [3.8, 4) is 11.5 Å². The van der Waals surface area contributed by atoms with Crippen LogP contribution >= 0.6 is 11.6 Å². The third-order valence-electron chi connectivity index (χ3n) is 3.42. The van der Waals surface area contributed by atoms with Crippen molar-refractivity contribution in [2.75, 3.05) is 7.11 Å². The maximum Gasteiger partial charge on any atom is 0.123 e. The molecule has 0 aliphatic rings. The molecule has 0 saturated carbocycles. The summed E-state index contributed by atoms with van der Waals surface area (Å²) < 4.78 is 5.07. The molecule has 0 spiro atoms. The number of benzene rings is 2. The second-order valence-electron chi connectivity index (χ2n) is 5.07. The molecule has 0 saturated heterocycles. The predicted octanol–water partition coefficient (Wildman–Crippen LogP) is 3.78. The van der Waals surface area contributed by atoms with Crippen molar-refractivity contribution < 1.29 is 9.84 Å². The molecule has 2 aromatic rings. The van der Waals surface area contributed by atoms with E-state index >= 15 is 0 Å². The van der Waals surface area contributed by atoms with Crippen LogP contribution in [0.4, 0.5) is 0 Å². The number of phenols is 1. The molecule has 3 nitrogen and oxygen atoms in total. The Bertz CT molecular complexity index is 601. The molecule has 0 amide bonds. The lowest BCUT2D eigenvalue weighted by atomic mass is 10.1. The van der Waals surface area contributed by atoms with E-state index in [-0.39, 0.29) is 11.8 Å². The number of rotatable bonds is 6. The minimum Gasteiger partial charge on any atom is -0.507 e. The third kappa shape index (κ3) is 4.38. The van der Waals surface area contributed by atoms with Crippen LogP contribution in [-0.2, 0) is 13.0 Å². The largest absolute Gasteiger partial charge is 0.507 e. The standard InChI is InChI=1S/C17H20ClNO2/c1-12(9-13-5-3-4-6-16(13)18)19-11-14-7-8-15(21-2)10-17(14)20/h3-8,10,12,19-20H,9,11H2,1-2H3. The summed E-state index contributed by atoms with van der Waals surface area (Å²) in [4.78, 5) is 0. The minimum atomic E-state index is 0.242. The zero-order chi connectivity index (χ0) is 15.2. The topological polar surface area (TPSA) is 41.5 Å². The molecule has 0 aliphatic heterocycles. The highest BCUT2D eigenvalue weighted by molar-refractivity contribution is 6.31. The van der Waals surface area contributed by atoms with Gasteiger partial charge in [-0.1, -0.05) is 35.9 Å². The Hall–Kier alpha value is -1.71. The maximum absolute atomic E-state index is 9.93. The summed E-state index contributed by atoms with van der Waals surface area (Å²) in [6.07, 6.45) is 0.844. The maximum atomic E-state index is 9.93. The SMILES string of the molecule is COc1ccc(CNC(C)Cc2ccccc2Cl)c(O)c1. The average Bonchev–Trinajstić information content (AvgIpc) is 2.48. The molecule has 0 heterocycles. The molecule has 1 unspecified atom stereocenters. The molecule has 4 heteroatoms. The lowest BCUT2D eigenvalue weighted by Gasteiger charge is -2.15. The van der Waals surface area contributed by atoms with Gasteiger partial charge in [0.2, 0.25) is 0 Å². The summed E-state index contributed by atoms with van der Waals surface area (Å²) in [6, 6.07) is 13.4. The molecule has 21 heavy (non-hydrogen) atoms. The van der Waals surface area contributed by atoms with Gasteiger partial charge in [-0.3, -0.25) is 0 Å². The van der Waals surface area contributed by atoms with Crippen LogP contribution in [0.2, 0.25) is 5.02 Å². The zero-order valence-corrected chi connectivity index (χ0v) is 13.0. The van der Waals surface area contributed by atoms with E-state index in [9.17, 15) is 5.11 Å². The fourth-order valence-corrected chi connectivity index (χ4v) is 2.38. The van der Waals surface area contributed by atoms with Gasteiger partial charge in [-0.25, -0.2) is 0 Å². The van der Waals surface area contributed by atoms with Gasteiger partial charge in [0, 0.05) is 29.2 Å². The smallest absolute Gasteiger partial charge is 0.123 e. The Morgan fingerprint density at radius 1 is 1.19 bits per heavy atom. The molecule has 0 radical (unpaired) electrons. The van der Waals surface area contributed by atoms with Gasteiger partial charge in [-0.15, -0.1) is 0 Å². The monoisotopic (exact) mass is 305 g/mol. The van der Waals surface area contributed by atoms with Gasteiger partial charge in [0.15, 0.2) is 0 Å². The molecule has 112 valence electrons. The van der Waals surface area contributed by atoms with Gasteiger partial charge in [-0.05, 0) is 31.0 Å². The molecule has 2 N–H and O–H groups in total. The second-order valence-corrected chi connectivity index (χ2v) is 5.48. The number of ether oxygens (including phenoxy) is 1. The van der Waals surface area contributed by atoms with Gasteiger partial charge in [-0.2, -0.15) is 0 Å². The normalized spacial score (nSPS) is 12.1. The minimum absolute atomic E-state index is 0.242. The molecule has 0 aromatic heterocycles. The Morgan fingerprint density at radius 3 is 2.62 bits per heavy atom. The molecule has 0 bridgehead atoms. The predicted molar refractivity (Wildman–Crippen MR) is 86.1 cm³/mol. The summed E-state index contributed by atoms with van der Waals surface area (Å²) in [5, 5.41) is 14.1. The van der Waals surface area contributed by atoms with Crippen molar-refractivity contribution in [1.29, 1.82) is 0 Å². The van der Waals surface area contributed by atoms with E-state index < -0.39 is 0 Å². The van der Waals surface area contributed by atoms with Crippen LogP contribution in [0.25, 0.3) is 0 Å². The fraction of sp³-hybridized carbons (Fsp3) is 0.294. The van der Waals surface area contributed by atoms with Gasteiger partial charge in [0.05, 0.1) is 7.11 Å². The van der Waals surface area contributed by atoms with Gasteiger partial charge in [0.1, 0.15) is 11.5 Å². The van der Waals surface area contributed by atoms with E-state index in [2.05, 4.69) is 12.2 Å². The summed E-state index contributed by atoms with van der Waals surface area (Å²) in [5.74, 6) is 0.896. The van der Waals surface area contributed by atoms with Crippen LogP contribution in [-0.4, -0.2) is 18.3 Å². The highest BCUT2D eigenvalue weighted by atomic mass is 35.5. The molecule has 2 aromatic carbocycles. The van der Waals surface area contributed by atoms with Crippen LogP contribution in [0.15, 0.2) is 42.5 Å². The Balaban J connectivity index is 1.92. The van der Waals surface area contributed by atoms with Crippen molar-refractivity contribution in [3.05, 3.63) is 58.6 Å².